The smallest absolute Gasteiger partial charge is 0.348 e. The quantitative estimate of drug-likeness (QED) is 0.528. The third-order valence-corrected chi connectivity index (χ3v) is 2.09. The Morgan fingerprint density at radius 2 is 2.17 bits per heavy atom. The van der Waals surface area contributed by atoms with Crippen LogP contribution in [0.3, 0.4) is 0 Å². The number of carbonyl (C=O) groups is 1. The predicted molar refractivity (Wildman–Crippen MR) is 45.9 cm³/mol. The summed E-state index contributed by atoms with van der Waals surface area (Å²) in [6.45, 7) is 3.21. The maximum absolute atomic E-state index is 10.9. The highest BCUT2D eigenvalue weighted by atomic mass is 31.1. The maximum atomic E-state index is 10.9. The number of nitrogens with two attached hydrogens (primary N) is 1. The standard InChI is InChI=1S/C6H13N2O3P/c1-4(3-12(10)11)8-6(9)5(2)7/h4-5H,3,7H2,1-2H3,(H-,8,9,10,11)/p+1/t4?,5-/m0/s1. The minimum absolute atomic E-state index is 0.0633. The van der Waals surface area contributed by atoms with Gasteiger partial charge >= 0.3 is 8.03 Å². The van der Waals surface area contributed by atoms with E-state index in [0.29, 0.717) is 0 Å². The van der Waals surface area contributed by atoms with Gasteiger partial charge in [0.15, 0.2) is 6.16 Å². The van der Waals surface area contributed by atoms with E-state index in [-0.39, 0.29) is 18.1 Å². The van der Waals surface area contributed by atoms with Crippen LogP contribution in [0.5, 0.6) is 0 Å². The Bertz CT molecular complexity index is 184. The van der Waals surface area contributed by atoms with Crippen molar-refractivity contribution in [3.8, 4) is 0 Å². The second-order valence-electron chi connectivity index (χ2n) is 2.73. The van der Waals surface area contributed by atoms with Crippen LogP contribution in [-0.2, 0) is 9.36 Å². The molecule has 0 saturated heterocycles. The largest absolute Gasteiger partial charge is 0.507 e. The van der Waals surface area contributed by atoms with Gasteiger partial charge in [0.2, 0.25) is 5.91 Å². The first-order valence-corrected chi connectivity index (χ1v) is 5.02. The molecule has 0 aromatic carbocycles. The van der Waals surface area contributed by atoms with Crippen LogP contribution in [0.1, 0.15) is 13.8 Å². The van der Waals surface area contributed by atoms with Crippen LogP contribution in [0.2, 0.25) is 0 Å². The Morgan fingerprint density at radius 3 is 2.50 bits per heavy atom. The van der Waals surface area contributed by atoms with E-state index in [0.717, 1.165) is 0 Å². The maximum Gasteiger partial charge on any atom is 0.507 e. The fraction of sp³-hybridized carbons (Fsp3) is 0.833. The zero-order valence-electron chi connectivity index (χ0n) is 7.15. The molecule has 0 heterocycles. The summed E-state index contributed by atoms with van der Waals surface area (Å²) in [6, 6.07) is -0.888. The zero-order valence-corrected chi connectivity index (χ0v) is 8.04. The third kappa shape index (κ3) is 5.18. The van der Waals surface area contributed by atoms with Crippen molar-refractivity contribution < 1.29 is 14.3 Å². The van der Waals surface area contributed by atoms with Gasteiger partial charge < -0.3 is 11.1 Å². The first kappa shape index (κ1) is 11.5. The highest BCUT2D eigenvalue weighted by Gasteiger charge is 2.19. The van der Waals surface area contributed by atoms with Crippen molar-refractivity contribution in [3.05, 3.63) is 0 Å². The van der Waals surface area contributed by atoms with Crippen molar-refractivity contribution in [3.63, 3.8) is 0 Å². The first-order valence-electron chi connectivity index (χ1n) is 3.63. The van der Waals surface area contributed by atoms with Crippen molar-refractivity contribution in [2.45, 2.75) is 25.9 Å². The molecule has 1 amide bonds. The molecule has 5 nitrogen and oxygen atoms in total. The van der Waals surface area contributed by atoms with E-state index in [1.807, 2.05) is 0 Å². The van der Waals surface area contributed by atoms with E-state index in [1.54, 1.807) is 13.8 Å². The molecule has 70 valence electrons. The van der Waals surface area contributed by atoms with Gasteiger partial charge in [0.05, 0.1) is 12.1 Å². The molecule has 0 saturated carbocycles. The Balaban J connectivity index is 3.76. The lowest BCUT2D eigenvalue weighted by atomic mass is 10.3. The third-order valence-electron chi connectivity index (χ3n) is 1.23. The van der Waals surface area contributed by atoms with E-state index in [4.69, 9.17) is 10.6 Å². The molecule has 0 fully saturated rings. The van der Waals surface area contributed by atoms with Gasteiger partial charge in [0, 0.05) is 0 Å². The molecular formula is C6H14N2O3P+. The first-order chi connectivity index (χ1) is 5.43. The van der Waals surface area contributed by atoms with E-state index in [2.05, 4.69) is 5.32 Å². The molecule has 0 aliphatic carbocycles. The Labute approximate surface area is 72.2 Å². The Kier molecular flexibility index (Phi) is 4.97. The molecule has 2 unspecified atom stereocenters. The molecule has 4 N–H and O–H groups in total. The van der Waals surface area contributed by atoms with Crippen LogP contribution in [0.25, 0.3) is 0 Å². The van der Waals surface area contributed by atoms with Crippen LogP contribution in [0.4, 0.5) is 0 Å². The van der Waals surface area contributed by atoms with Gasteiger partial charge in [0.25, 0.3) is 0 Å². The fourth-order valence-corrected chi connectivity index (χ4v) is 1.21. The molecule has 0 aliphatic heterocycles. The van der Waals surface area contributed by atoms with Gasteiger partial charge in [-0.15, -0.1) is 0 Å². The number of rotatable bonds is 4. The fourth-order valence-electron chi connectivity index (χ4n) is 0.654. The summed E-state index contributed by atoms with van der Waals surface area (Å²) < 4.78 is 10.3. The minimum Gasteiger partial charge on any atom is -0.348 e. The average molecular weight is 193 g/mol. The van der Waals surface area contributed by atoms with E-state index in [1.165, 1.54) is 0 Å². The molecule has 0 aromatic heterocycles. The van der Waals surface area contributed by atoms with E-state index >= 15 is 0 Å². The van der Waals surface area contributed by atoms with E-state index < -0.39 is 14.1 Å². The summed E-state index contributed by atoms with van der Waals surface area (Å²) in [7, 11) is -2.20. The minimum atomic E-state index is -2.20. The van der Waals surface area contributed by atoms with Crippen molar-refractivity contribution >= 4 is 13.9 Å². The lowest BCUT2D eigenvalue weighted by Crippen LogP contribution is -2.43. The van der Waals surface area contributed by atoms with Crippen LogP contribution < -0.4 is 11.1 Å². The number of amides is 1. The molecule has 0 rings (SSSR count). The van der Waals surface area contributed by atoms with Gasteiger partial charge in [-0.2, -0.15) is 4.89 Å². The second kappa shape index (κ2) is 5.19. The molecule has 6 heteroatoms. The van der Waals surface area contributed by atoms with Gasteiger partial charge in [-0.3, -0.25) is 4.79 Å². The van der Waals surface area contributed by atoms with Crippen molar-refractivity contribution in [2.75, 3.05) is 6.16 Å². The van der Waals surface area contributed by atoms with Crippen LogP contribution >= 0.6 is 8.03 Å². The average Bonchev–Trinajstić information content (AvgIpc) is 1.84. The summed E-state index contributed by atoms with van der Waals surface area (Å²) in [4.78, 5) is 19.4. The van der Waals surface area contributed by atoms with Crippen molar-refractivity contribution in [1.82, 2.24) is 5.32 Å². The molecule has 12 heavy (non-hydrogen) atoms. The number of hydrogen-bond acceptors (Lipinski definition) is 3. The normalized spacial score (nSPS) is 16.5. The molecule has 0 spiro atoms. The van der Waals surface area contributed by atoms with Gasteiger partial charge in [-0.1, -0.05) is 0 Å². The molecule has 0 bridgehead atoms. The number of carbonyl (C=O) groups excluding carboxylic acids is 1. The van der Waals surface area contributed by atoms with Gasteiger partial charge in [0.1, 0.15) is 0 Å². The monoisotopic (exact) mass is 193 g/mol. The van der Waals surface area contributed by atoms with Crippen molar-refractivity contribution in [2.24, 2.45) is 5.73 Å². The van der Waals surface area contributed by atoms with Gasteiger partial charge in [-0.25, -0.2) is 0 Å². The molecule has 0 radical (unpaired) electrons. The lowest BCUT2D eigenvalue weighted by Gasteiger charge is -2.10. The van der Waals surface area contributed by atoms with Crippen LogP contribution in [-0.4, -0.2) is 29.0 Å². The SMILES string of the molecule is CC(C[P+](=O)O)NC(=O)[C@H](C)N. The van der Waals surface area contributed by atoms with E-state index in [9.17, 15) is 9.36 Å². The Morgan fingerprint density at radius 1 is 1.67 bits per heavy atom. The van der Waals surface area contributed by atoms with Gasteiger partial charge in [-0.05, 0) is 18.4 Å². The molecule has 3 atom stereocenters. The highest BCUT2D eigenvalue weighted by molar-refractivity contribution is 7.38. The number of hydrogen-bond donors (Lipinski definition) is 3. The van der Waals surface area contributed by atoms with Crippen molar-refractivity contribution in [1.29, 1.82) is 0 Å². The topological polar surface area (TPSA) is 92.4 Å². The summed E-state index contributed by atoms with van der Waals surface area (Å²) in [5, 5.41) is 2.50. The number of nitrogens with one attached hydrogen (secondary N) is 1. The lowest BCUT2D eigenvalue weighted by molar-refractivity contribution is -0.122. The highest BCUT2D eigenvalue weighted by Crippen LogP contribution is 2.13. The summed E-state index contributed by atoms with van der Waals surface area (Å²) in [5.74, 6) is -0.306. The summed E-state index contributed by atoms with van der Waals surface area (Å²) >= 11 is 0. The summed E-state index contributed by atoms with van der Waals surface area (Å²) in [6.07, 6.45) is 0.0633. The molecule has 0 aliphatic rings. The second-order valence-corrected chi connectivity index (χ2v) is 3.80. The van der Waals surface area contributed by atoms with Crippen LogP contribution in [0, 0.1) is 0 Å². The Hall–Kier alpha value is -0.510. The zero-order chi connectivity index (χ0) is 9.72. The summed E-state index contributed by atoms with van der Waals surface area (Å²) in [5.41, 5.74) is 5.27. The van der Waals surface area contributed by atoms with Crippen LogP contribution in [0.15, 0.2) is 0 Å². The molecular weight excluding hydrogens is 179 g/mol. The molecule has 0 aromatic rings. The predicted octanol–water partition coefficient (Wildman–Crippen LogP) is -0.427.